The van der Waals surface area contributed by atoms with E-state index in [1.165, 1.54) is 108 Å². The average molecular weight is 1790 g/mol. The van der Waals surface area contributed by atoms with Gasteiger partial charge in [-0.3, -0.25) is 0 Å². The number of fused-ring (bicyclic) bond motifs is 10. The van der Waals surface area contributed by atoms with Crippen LogP contribution in [0.2, 0.25) is 0 Å². The first kappa shape index (κ1) is 84.4. The van der Waals surface area contributed by atoms with Crippen LogP contribution in [0, 0.1) is 0 Å². The minimum Gasteiger partial charge on any atom is -0.310 e. The van der Waals surface area contributed by atoms with Gasteiger partial charge < -0.3 is 29.4 Å². The van der Waals surface area contributed by atoms with Crippen LogP contribution in [0.25, 0.3) is 120 Å². The van der Waals surface area contributed by atoms with E-state index in [0.29, 0.717) is 0 Å². The first-order valence-corrected chi connectivity index (χ1v) is 47.9. The number of para-hydroxylation sites is 6. The minimum absolute atomic E-state index is 1.09. The monoisotopic (exact) mass is 1790 g/mol. The Kier molecular flexibility index (Phi) is 22.7. The number of hydrogen-bond donors (Lipinski definition) is 0. The highest BCUT2D eigenvalue weighted by molar-refractivity contribution is 6.13. The quantitative estimate of drug-likeness (QED) is 0.0663. The van der Waals surface area contributed by atoms with Gasteiger partial charge in [0.05, 0.1) is 22.7 Å². The van der Waals surface area contributed by atoms with E-state index in [-0.39, 0.29) is 0 Å². The van der Waals surface area contributed by atoms with Crippen molar-refractivity contribution < 1.29 is 0 Å². The molecule has 0 aliphatic carbocycles. The molecule has 0 aliphatic heterocycles. The molecule has 25 rings (SSSR count). The molecule has 0 saturated heterocycles. The van der Waals surface area contributed by atoms with E-state index >= 15 is 0 Å². The SMILES string of the molecule is c1ccc(N(c2ccc(-c3ccc(-c4ccc(N(c5ccccc5)c5cccc6ccccc56)cc4)cc3)cc2)c2ccc3c(ccc4cc(N(c5ccccc5)c5cccc6ccccc56)ccc43)c2)cc1.c1ccc(N(c2ccc(-c3ccc(N(c4ccccc4)c4cccc5ccccc45)cc3)cc2)c2ccc3c(ccc4cc(N(c5ccccc5)c5cccc6ccccc56)ccc43)c2)cc1. The molecule has 0 unspecified atom stereocenters. The van der Waals surface area contributed by atoms with Crippen molar-refractivity contribution in [3.63, 3.8) is 0 Å². The number of nitrogens with zero attached hydrogens (tertiary/aromatic N) is 6. The minimum atomic E-state index is 1.09. The Labute approximate surface area is 815 Å². The van der Waals surface area contributed by atoms with Crippen molar-refractivity contribution in [2.45, 2.75) is 0 Å². The Balaban J connectivity index is 0.000000152. The lowest BCUT2D eigenvalue weighted by atomic mass is 9.99. The summed E-state index contributed by atoms with van der Waals surface area (Å²) in [6, 6.07) is 206. The van der Waals surface area contributed by atoms with E-state index in [9.17, 15) is 0 Å². The fourth-order valence-electron chi connectivity index (χ4n) is 20.4. The van der Waals surface area contributed by atoms with Crippen LogP contribution < -0.4 is 29.4 Å². The summed E-state index contributed by atoms with van der Waals surface area (Å²) < 4.78 is 0. The molecule has 0 aliphatic rings. The van der Waals surface area contributed by atoms with Crippen LogP contribution >= 0.6 is 0 Å². The van der Waals surface area contributed by atoms with Crippen molar-refractivity contribution in [1.29, 1.82) is 0 Å². The summed E-state index contributed by atoms with van der Waals surface area (Å²) in [5, 5.41) is 19.4. The summed E-state index contributed by atoms with van der Waals surface area (Å²) in [6.45, 7) is 0. The van der Waals surface area contributed by atoms with Crippen LogP contribution in [0.1, 0.15) is 0 Å². The van der Waals surface area contributed by atoms with Crippen molar-refractivity contribution in [3.8, 4) is 33.4 Å². The largest absolute Gasteiger partial charge is 0.310 e. The molecule has 0 spiro atoms. The van der Waals surface area contributed by atoms with Gasteiger partial charge in [-0.05, 0) is 292 Å². The maximum Gasteiger partial charge on any atom is 0.0540 e. The molecule has 6 heteroatoms. The predicted molar refractivity (Wildman–Crippen MR) is 597 cm³/mol. The molecule has 0 atom stereocenters. The van der Waals surface area contributed by atoms with Crippen molar-refractivity contribution in [1.82, 2.24) is 0 Å². The van der Waals surface area contributed by atoms with Crippen LogP contribution in [0.4, 0.5) is 102 Å². The normalized spacial score (nSPS) is 11.3. The second-order valence-electron chi connectivity index (χ2n) is 35.5. The molecule has 140 heavy (non-hydrogen) atoms. The Morgan fingerprint density at radius 1 is 0.0857 bits per heavy atom. The van der Waals surface area contributed by atoms with Crippen LogP contribution in [0.15, 0.2) is 570 Å². The average Bonchev–Trinajstić information content (AvgIpc) is 0.711. The van der Waals surface area contributed by atoms with E-state index in [2.05, 4.69) is 600 Å². The van der Waals surface area contributed by atoms with Gasteiger partial charge in [-0.15, -0.1) is 0 Å². The molecule has 0 N–H and O–H groups in total. The van der Waals surface area contributed by atoms with Gasteiger partial charge in [-0.1, -0.05) is 376 Å². The molecule has 0 amide bonds. The Bertz CT molecular complexity index is 8750. The first-order valence-electron chi connectivity index (χ1n) is 47.9. The summed E-state index contributed by atoms with van der Waals surface area (Å²) in [5.41, 5.74) is 27.2. The third-order valence-electron chi connectivity index (χ3n) is 27.1. The number of rotatable bonds is 21. The maximum atomic E-state index is 2.38. The number of hydrogen-bond acceptors (Lipinski definition) is 6. The molecule has 0 radical (unpaired) electrons. The van der Waals surface area contributed by atoms with Crippen molar-refractivity contribution in [3.05, 3.63) is 570 Å². The molecular weight excluding hydrogens is 1690 g/mol. The first-order chi connectivity index (χ1) is 69.4. The second kappa shape index (κ2) is 37.7. The lowest BCUT2D eigenvalue weighted by Gasteiger charge is -2.27. The van der Waals surface area contributed by atoms with Crippen molar-refractivity contribution >= 4 is 189 Å². The van der Waals surface area contributed by atoms with Crippen LogP contribution in [-0.2, 0) is 0 Å². The molecular formula is C134H94N6. The fraction of sp³-hybridized carbons (Fsp3) is 0. The van der Waals surface area contributed by atoms with Gasteiger partial charge in [-0.25, -0.2) is 0 Å². The van der Waals surface area contributed by atoms with Crippen LogP contribution in [0.5, 0.6) is 0 Å². The molecule has 0 heterocycles. The molecule has 660 valence electrons. The zero-order valence-corrected chi connectivity index (χ0v) is 77.0. The second-order valence-corrected chi connectivity index (χ2v) is 35.5. The van der Waals surface area contributed by atoms with Crippen molar-refractivity contribution in [2.75, 3.05) is 29.4 Å². The van der Waals surface area contributed by atoms with Gasteiger partial charge in [0.25, 0.3) is 0 Å². The van der Waals surface area contributed by atoms with E-state index < -0.39 is 0 Å². The lowest BCUT2D eigenvalue weighted by Crippen LogP contribution is -2.10. The summed E-state index contributed by atoms with van der Waals surface area (Å²) >= 11 is 0. The molecule has 0 aromatic heterocycles. The Morgan fingerprint density at radius 2 is 0.243 bits per heavy atom. The van der Waals surface area contributed by atoms with Crippen molar-refractivity contribution in [2.24, 2.45) is 0 Å². The van der Waals surface area contributed by atoms with Gasteiger partial charge in [0, 0.05) is 101 Å². The standard InChI is InChI=1S/C70H49N3.C64H45N3/c1-4-20-58(21-5-1)71(63-44-46-65-56(48-63)34-35-57-49-64(45-47-66(57)65)73(60-24-8-3-9-25-60)70-29-15-19-55-17-11-13-27-68(55)70)61-40-36-52(37-41-61)50-30-32-51(33-31-50)53-38-42-62(43-39-53)72(59-22-6-2-7-23-59)69-28-14-18-54-16-10-12-26-67(54)69;1-4-20-52(21-5-1)65(55-36-32-46(33-37-55)47-34-38-56(39-35-47)66(53-22-6-2-7-23-53)63-28-14-18-48-16-10-12-26-61(48)63)57-40-42-59-50(44-57)30-31-51-45-58(41-43-60(51)59)67(54-24-8-3-9-25-54)64-29-15-19-49-17-11-13-27-62(49)64/h1-49H;1-45H. The highest BCUT2D eigenvalue weighted by Crippen LogP contribution is 2.49. The summed E-state index contributed by atoms with van der Waals surface area (Å²) in [5.74, 6) is 0. The highest BCUT2D eigenvalue weighted by Gasteiger charge is 2.24. The van der Waals surface area contributed by atoms with Gasteiger partial charge in [0.15, 0.2) is 0 Å². The van der Waals surface area contributed by atoms with E-state index in [1.807, 2.05) is 0 Å². The maximum absolute atomic E-state index is 2.38. The summed E-state index contributed by atoms with van der Waals surface area (Å²) in [4.78, 5) is 14.2. The smallest absolute Gasteiger partial charge is 0.0540 e. The van der Waals surface area contributed by atoms with Gasteiger partial charge in [0.2, 0.25) is 0 Å². The number of anilines is 18. The predicted octanol–water partition coefficient (Wildman–Crippen LogP) is 38.4. The third kappa shape index (κ3) is 16.6. The van der Waals surface area contributed by atoms with E-state index in [1.54, 1.807) is 0 Å². The van der Waals surface area contributed by atoms with Crippen LogP contribution in [-0.4, -0.2) is 0 Å². The molecule has 0 saturated carbocycles. The molecule has 25 aromatic rings. The van der Waals surface area contributed by atoms with Gasteiger partial charge in [-0.2, -0.15) is 0 Å². The summed E-state index contributed by atoms with van der Waals surface area (Å²) in [6.07, 6.45) is 0. The Hall–Kier alpha value is -18.6. The highest BCUT2D eigenvalue weighted by atomic mass is 15.2. The zero-order valence-electron chi connectivity index (χ0n) is 77.0. The van der Waals surface area contributed by atoms with Gasteiger partial charge >= 0.3 is 0 Å². The third-order valence-corrected chi connectivity index (χ3v) is 27.1. The van der Waals surface area contributed by atoms with Crippen LogP contribution in [0.3, 0.4) is 0 Å². The molecule has 25 aromatic carbocycles. The number of benzene rings is 25. The van der Waals surface area contributed by atoms with E-state index in [4.69, 9.17) is 0 Å². The molecule has 0 fully saturated rings. The lowest BCUT2D eigenvalue weighted by molar-refractivity contribution is 1.29. The van der Waals surface area contributed by atoms with E-state index in [0.717, 1.165) is 113 Å². The molecule has 0 bridgehead atoms. The zero-order chi connectivity index (χ0) is 93.0. The topological polar surface area (TPSA) is 19.4 Å². The molecule has 6 nitrogen and oxygen atoms in total. The summed E-state index contributed by atoms with van der Waals surface area (Å²) in [7, 11) is 0. The fourth-order valence-corrected chi connectivity index (χ4v) is 20.4. The Morgan fingerprint density at radius 3 is 0.471 bits per heavy atom. The van der Waals surface area contributed by atoms with Gasteiger partial charge in [0.1, 0.15) is 0 Å².